The molecule has 0 N–H and O–H groups in total. The van der Waals surface area contributed by atoms with E-state index in [1.165, 1.54) is 0 Å². The molecule has 3 rings (SSSR count). The minimum Gasteiger partial charge on any atom is -0.497 e. The van der Waals surface area contributed by atoms with Crippen LogP contribution in [-0.2, 0) is 9.53 Å². The molecule has 0 aromatic heterocycles. The molecule has 3 atom stereocenters. The van der Waals surface area contributed by atoms with Gasteiger partial charge in [-0.2, -0.15) is 0 Å². The highest BCUT2D eigenvalue weighted by Crippen LogP contribution is 2.32. The lowest BCUT2D eigenvalue weighted by molar-refractivity contribution is -0.131. The molecule has 0 aliphatic carbocycles. The van der Waals surface area contributed by atoms with Crippen molar-refractivity contribution in [3.05, 3.63) is 76.2 Å². The second kappa shape index (κ2) is 8.45. The lowest BCUT2D eigenvalue weighted by atomic mass is 9.92. The van der Waals surface area contributed by atoms with Gasteiger partial charge in [0.25, 0.3) is 0 Å². The lowest BCUT2D eigenvalue weighted by Gasteiger charge is -2.26. The molecule has 1 aliphatic heterocycles. The van der Waals surface area contributed by atoms with E-state index in [-0.39, 0.29) is 6.61 Å². The molecular formula is C20H20N4O4. The van der Waals surface area contributed by atoms with E-state index in [2.05, 4.69) is 10.0 Å². The Bertz CT molecular complexity index is 894. The summed E-state index contributed by atoms with van der Waals surface area (Å²) in [6.07, 6.45) is -0.737. The van der Waals surface area contributed by atoms with E-state index >= 15 is 0 Å². The number of nitrogens with zero attached hydrogens (tertiary/aromatic N) is 4. The van der Waals surface area contributed by atoms with Gasteiger partial charge in [0.1, 0.15) is 24.4 Å². The highest BCUT2D eigenvalue weighted by Gasteiger charge is 2.42. The van der Waals surface area contributed by atoms with Crippen LogP contribution in [0.5, 0.6) is 5.75 Å². The summed E-state index contributed by atoms with van der Waals surface area (Å²) >= 11 is 0. The van der Waals surface area contributed by atoms with Gasteiger partial charge >= 0.3 is 6.09 Å². The number of benzene rings is 2. The van der Waals surface area contributed by atoms with Crippen molar-refractivity contribution in [2.75, 3.05) is 13.7 Å². The predicted molar refractivity (Wildman–Crippen MR) is 102 cm³/mol. The first-order valence-electron chi connectivity index (χ1n) is 8.79. The second-order valence-electron chi connectivity index (χ2n) is 6.42. The lowest BCUT2D eigenvalue weighted by Crippen LogP contribution is -2.42. The van der Waals surface area contributed by atoms with E-state index in [0.29, 0.717) is 5.75 Å². The monoisotopic (exact) mass is 380 g/mol. The van der Waals surface area contributed by atoms with Gasteiger partial charge in [0.15, 0.2) is 0 Å². The van der Waals surface area contributed by atoms with Crippen molar-refractivity contribution in [2.45, 2.75) is 24.9 Å². The molecule has 8 nitrogen and oxygen atoms in total. The average Bonchev–Trinajstić information content (AvgIpc) is 3.13. The normalized spacial score (nSPS) is 18.0. The third-order valence-electron chi connectivity index (χ3n) is 4.84. The molecule has 1 aliphatic rings. The molecule has 1 fully saturated rings. The Labute approximate surface area is 162 Å². The molecule has 1 heterocycles. The fraction of sp³-hybridized carbons (Fsp3) is 0.300. The van der Waals surface area contributed by atoms with Gasteiger partial charge in [0.05, 0.1) is 7.11 Å². The van der Waals surface area contributed by atoms with Crippen LogP contribution in [0.1, 0.15) is 30.0 Å². The zero-order valence-electron chi connectivity index (χ0n) is 15.6. The fourth-order valence-corrected chi connectivity index (χ4v) is 3.24. The fourth-order valence-electron chi connectivity index (χ4n) is 3.24. The summed E-state index contributed by atoms with van der Waals surface area (Å²) in [4.78, 5) is 29.4. The standard InChI is InChI=1S/C20H20N4O4/c1-13(14-8-10-16(27-2)11-9-14)18(22-23-21)19(25)24-17(12-28-20(24)26)15-6-4-3-5-7-15/h3-11,13,17-18H,12H2,1-2H3/t13-,17-,18+/m0/s1. The summed E-state index contributed by atoms with van der Waals surface area (Å²) in [5.41, 5.74) is 10.6. The van der Waals surface area contributed by atoms with Gasteiger partial charge in [-0.05, 0) is 34.7 Å². The maximum Gasteiger partial charge on any atom is 0.417 e. The van der Waals surface area contributed by atoms with Crippen LogP contribution in [0, 0.1) is 0 Å². The zero-order chi connectivity index (χ0) is 20.1. The number of rotatable bonds is 6. The first-order valence-corrected chi connectivity index (χ1v) is 8.79. The summed E-state index contributed by atoms with van der Waals surface area (Å²) in [6, 6.07) is 14.6. The number of carbonyl (C=O) groups is 2. The number of cyclic esters (lactones) is 1. The largest absolute Gasteiger partial charge is 0.497 e. The Morgan fingerprint density at radius 3 is 2.54 bits per heavy atom. The average molecular weight is 380 g/mol. The molecule has 0 spiro atoms. The molecule has 144 valence electrons. The molecular weight excluding hydrogens is 360 g/mol. The van der Waals surface area contributed by atoms with Crippen molar-refractivity contribution in [3.63, 3.8) is 0 Å². The van der Waals surface area contributed by atoms with Crippen molar-refractivity contribution in [3.8, 4) is 5.75 Å². The quantitative estimate of drug-likeness (QED) is 0.425. The van der Waals surface area contributed by atoms with Crippen LogP contribution >= 0.6 is 0 Å². The molecule has 0 saturated carbocycles. The molecule has 0 radical (unpaired) electrons. The molecule has 0 unspecified atom stereocenters. The first-order chi connectivity index (χ1) is 13.6. The van der Waals surface area contributed by atoms with Crippen molar-refractivity contribution >= 4 is 12.0 Å². The van der Waals surface area contributed by atoms with Gasteiger partial charge in [-0.1, -0.05) is 54.5 Å². The Morgan fingerprint density at radius 1 is 1.25 bits per heavy atom. The predicted octanol–water partition coefficient (Wildman–Crippen LogP) is 4.20. The van der Waals surface area contributed by atoms with Gasteiger partial charge < -0.3 is 9.47 Å². The number of methoxy groups -OCH3 is 1. The highest BCUT2D eigenvalue weighted by molar-refractivity contribution is 5.97. The molecule has 2 aromatic carbocycles. The molecule has 2 aromatic rings. The molecule has 28 heavy (non-hydrogen) atoms. The van der Waals surface area contributed by atoms with Crippen molar-refractivity contribution in [1.82, 2.24) is 4.90 Å². The smallest absolute Gasteiger partial charge is 0.417 e. The van der Waals surface area contributed by atoms with Crippen LogP contribution in [-0.4, -0.2) is 36.7 Å². The summed E-state index contributed by atoms with van der Waals surface area (Å²) in [6.45, 7) is 1.84. The van der Waals surface area contributed by atoms with Crippen molar-refractivity contribution < 1.29 is 19.1 Å². The van der Waals surface area contributed by atoms with Crippen LogP contribution in [0.25, 0.3) is 10.4 Å². The molecule has 1 saturated heterocycles. The van der Waals surface area contributed by atoms with Gasteiger partial charge in [0.2, 0.25) is 5.91 Å². The maximum atomic E-state index is 13.2. The number of azide groups is 1. The van der Waals surface area contributed by atoms with E-state index in [0.717, 1.165) is 16.0 Å². The minimum absolute atomic E-state index is 0.0640. The van der Waals surface area contributed by atoms with Gasteiger partial charge in [-0.3, -0.25) is 4.79 Å². The van der Waals surface area contributed by atoms with Crippen LogP contribution in [0.2, 0.25) is 0 Å². The van der Waals surface area contributed by atoms with Gasteiger partial charge in [-0.25, -0.2) is 9.69 Å². The Balaban J connectivity index is 1.90. The number of hydrogen-bond donors (Lipinski definition) is 0. The number of hydrogen-bond acceptors (Lipinski definition) is 5. The highest BCUT2D eigenvalue weighted by atomic mass is 16.6. The van der Waals surface area contributed by atoms with E-state index in [1.54, 1.807) is 38.3 Å². The third kappa shape index (κ3) is 3.77. The first kappa shape index (κ1) is 19.3. The number of carbonyl (C=O) groups excluding carboxylic acids is 2. The van der Waals surface area contributed by atoms with Gasteiger partial charge in [0, 0.05) is 4.91 Å². The van der Waals surface area contributed by atoms with Crippen molar-refractivity contribution in [1.29, 1.82) is 0 Å². The molecule has 8 heteroatoms. The summed E-state index contributed by atoms with van der Waals surface area (Å²) < 4.78 is 10.3. The SMILES string of the molecule is COc1ccc([C@H](C)[C@@H](N=[N+]=[N-])C(=O)N2C(=O)OC[C@H]2c2ccccc2)cc1. The summed E-state index contributed by atoms with van der Waals surface area (Å²) in [5, 5.41) is 3.70. The number of imide groups is 1. The van der Waals surface area contributed by atoms with Crippen LogP contribution in [0.3, 0.4) is 0 Å². The molecule has 2 amide bonds. The Kier molecular flexibility index (Phi) is 5.81. The minimum atomic E-state index is -1.09. The van der Waals surface area contributed by atoms with E-state index in [1.807, 2.05) is 30.3 Å². The van der Waals surface area contributed by atoms with E-state index < -0.39 is 30.0 Å². The van der Waals surface area contributed by atoms with Crippen molar-refractivity contribution in [2.24, 2.45) is 5.11 Å². The van der Waals surface area contributed by atoms with Gasteiger partial charge in [-0.15, -0.1) is 0 Å². The Morgan fingerprint density at radius 2 is 1.93 bits per heavy atom. The number of amides is 2. The van der Waals surface area contributed by atoms with E-state index in [9.17, 15) is 9.59 Å². The Hall–Kier alpha value is -3.51. The topological polar surface area (TPSA) is 105 Å². The van der Waals surface area contributed by atoms with Crippen LogP contribution in [0.4, 0.5) is 4.79 Å². The van der Waals surface area contributed by atoms with E-state index in [4.69, 9.17) is 15.0 Å². The summed E-state index contributed by atoms with van der Waals surface area (Å²) in [7, 11) is 1.56. The maximum absolute atomic E-state index is 13.2. The molecule has 0 bridgehead atoms. The third-order valence-corrected chi connectivity index (χ3v) is 4.84. The second-order valence-corrected chi connectivity index (χ2v) is 6.42. The number of ether oxygens (including phenoxy) is 2. The van der Waals surface area contributed by atoms with Crippen LogP contribution in [0.15, 0.2) is 59.7 Å². The van der Waals surface area contributed by atoms with Crippen LogP contribution < -0.4 is 4.74 Å². The summed E-state index contributed by atoms with van der Waals surface area (Å²) in [5.74, 6) is -0.355. The zero-order valence-corrected chi connectivity index (χ0v) is 15.6.